The molecule has 2 aromatic carbocycles. The van der Waals surface area contributed by atoms with E-state index in [-0.39, 0.29) is 31.0 Å². The van der Waals surface area contributed by atoms with Gasteiger partial charge in [0.05, 0.1) is 6.61 Å². The van der Waals surface area contributed by atoms with Crippen LogP contribution in [0.15, 0.2) is 58.6 Å². The highest BCUT2D eigenvalue weighted by atomic mass is 16.6. The smallest absolute Gasteiger partial charge is 0.306 e. The van der Waals surface area contributed by atoms with E-state index in [4.69, 9.17) is 24.3 Å². The Bertz CT molecular complexity index is 1270. The third kappa shape index (κ3) is 7.72. The molecule has 214 valence electrons. The third-order valence-corrected chi connectivity index (χ3v) is 5.86. The lowest BCUT2D eigenvalue weighted by molar-refractivity contribution is -0.155. The lowest BCUT2D eigenvalue weighted by atomic mass is 9.83. The maximum atomic E-state index is 13.9. The first-order valence-electron chi connectivity index (χ1n) is 12.9. The summed E-state index contributed by atoms with van der Waals surface area (Å²) in [6, 6.07) is 13.8. The molecule has 0 saturated heterocycles. The quantitative estimate of drug-likeness (QED) is 0.0988. The Kier molecular flexibility index (Phi) is 10.1. The lowest BCUT2D eigenvalue weighted by Crippen LogP contribution is -2.52. The topological polar surface area (TPSA) is 158 Å². The van der Waals surface area contributed by atoms with E-state index in [1.54, 1.807) is 83.4 Å². The van der Waals surface area contributed by atoms with E-state index in [2.05, 4.69) is 15.5 Å². The van der Waals surface area contributed by atoms with Crippen LogP contribution in [0.25, 0.3) is 10.4 Å². The number of aliphatic hydroxyl groups is 1. The molecule has 0 aromatic heterocycles. The Balaban J connectivity index is 2.09. The molecule has 0 spiro atoms. The van der Waals surface area contributed by atoms with Crippen LogP contribution in [0, 0.1) is 0 Å². The van der Waals surface area contributed by atoms with Gasteiger partial charge in [0.1, 0.15) is 11.4 Å². The molecule has 0 radical (unpaired) electrons. The van der Waals surface area contributed by atoms with E-state index < -0.39 is 29.1 Å². The fourth-order valence-corrected chi connectivity index (χ4v) is 4.18. The molecule has 0 unspecified atom stereocenters. The highest BCUT2D eigenvalue weighted by molar-refractivity contribution is 6.01. The number of rotatable bonds is 12. The van der Waals surface area contributed by atoms with E-state index in [1.807, 2.05) is 0 Å². The van der Waals surface area contributed by atoms with Gasteiger partial charge in [0.25, 0.3) is 5.91 Å². The fourth-order valence-electron chi connectivity index (χ4n) is 4.18. The summed E-state index contributed by atoms with van der Waals surface area (Å²) in [7, 11) is 3.33. The van der Waals surface area contributed by atoms with Crippen molar-refractivity contribution < 1.29 is 28.9 Å². The lowest BCUT2D eigenvalue weighted by Gasteiger charge is -2.32. The molecule has 1 amide bonds. The molecule has 2 aromatic rings. The van der Waals surface area contributed by atoms with Crippen LogP contribution in [0.4, 0.5) is 5.69 Å². The molecule has 40 heavy (non-hydrogen) atoms. The van der Waals surface area contributed by atoms with Crippen molar-refractivity contribution in [1.82, 2.24) is 10.4 Å². The van der Waals surface area contributed by atoms with E-state index in [9.17, 15) is 15.1 Å². The highest BCUT2D eigenvalue weighted by Gasteiger charge is 2.54. The third-order valence-electron chi connectivity index (χ3n) is 5.86. The maximum Gasteiger partial charge on any atom is 0.306 e. The average Bonchev–Trinajstić information content (AvgIpc) is 3.28. The van der Waals surface area contributed by atoms with E-state index in [1.165, 1.54) is 5.01 Å². The Morgan fingerprint density at radius 1 is 1.20 bits per heavy atom. The number of azide groups is 1. The predicted octanol–water partition coefficient (Wildman–Crippen LogP) is 4.36. The summed E-state index contributed by atoms with van der Waals surface area (Å²) in [5, 5.41) is 14.3. The molecule has 1 aliphatic rings. The van der Waals surface area contributed by atoms with Crippen molar-refractivity contribution in [2.45, 2.75) is 57.3 Å². The van der Waals surface area contributed by atoms with Gasteiger partial charge in [0.15, 0.2) is 11.6 Å². The molecule has 2 atom stereocenters. The van der Waals surface area contributed by atoms with Crippen molar-refractivity contribution >= 4 is 23.5 Å². The summed E-state index contributed by atoms with van der Waals surface area (Å²) in [6.45, 7) is 5.70. The normalized spacial score (nSPS) is 18.4. The summed E-state index contributed by atoms with van der Waals surface area (Å²) in [6.07, 6.45) is -0.670. The Morgan fingerprint density at radius 2 is 1.90 bits per heavy atom. The van der Waals surface area contributed by atoms with Gasteiger partial charge in [-0.05, 0) is 57.0 Å². The number of hydrazine groups is 1. The monoisotopic (exact) mass is 552 g/mol. The molecule has 0 saturated carbocycles. The van der Waals surface area contributed by atoms with Crippen LogP contribution in [0.2, 0.25) is 0 Å². The minimum atomic E-state index is -1.60. The number of nitrogens with one attached hydrogen (secondary N) is 1. The molecule has 0 fully saturated rings. The van der Waals surface area contributed by atoms with Gasteiger partial charge in [0, 0.05) is 55.3 Å². The first-order chi connectivity index (χ1) is 19.0. The van der Waals surface area contributed by atoms with E-state index in [0.717, 1.165) is 0 Å². The molecule has 0 aliphatic carbocycles. The number of hydrogen-bond acceptors (Lipinski definition) is 9. The number of esters is 1. The Labute approximate surface area is 233 Å². The molecule has 1 aliphatic heterocycles. The van der Waals surface area contributed by atoms with Crippen LogP contribution in [-0.2, 0) is 19.1 Å². The second-order valence-corrected chi connectivity index (χ2v) is 10.5. The van der Waals surface area contributed by atoms with Crippen molar-refractivity contribution in [2.24, 2.45) is 10.1 Å². The Morgan fingerprint density at radius 3 is 2.52 bits per heavy atom. The molecule has 3 rings (SSSR count). The van der Waals surface area contributed by atoms with Crippen LogP contribution in [0.1, 0.15) is 57.3 Å². The van der Waals surface area contributed by atoms with Crippen molar-refractivity contribution in [3.8, 4) is 5.75 Å². The van der Waals surface area contributed by atoms with Gasteiger partial charge in [-0.15, -0.1) is 0 Å². The standard InChI is InChI=1S/C28H36N6O6/c1-27(2,3)40-23(36)15-16-28(26(37)32-34(4)5)24(21-9-6-7-10-22(21)31-33-29)39-25(30-28)19-11-13-20(14-12-19)38-18-8-17-35/h6-7,9-14,24,35H,8,15-18H2,1-5H3,(H,32,37)/t24-,28-/m0/s1. The van der Waals surface area contributed by atoms with Gasteiger partial charge in [-0.3, -0.25) is 15.0 Å². The minimum absolute atomic E-state index is 0.0296. The summed E-state index contributed by atoms with van der Waals surface area (Å²) >= 11 is 0. The predicted molar refractivity (Wildman–Crippen MR) is 149 cm³/mol. The van der Waals surface area contributed by atoms with Crippen LogP contribution < -0.4 is 10.2 Å². The summed E-state index contributed by atoms with van der Waals surface area (Å²) in [5.41, 5.74) is 10.9. The van der Waals surface area contributed by atoms with Crippen molar-refractivity contribution in [3.05, 3.63) is 70.1 Å². The number of carbonyl (C=O) groups is 2. The molecule has 2 N–H and O–H groups in total. The van der Waals surface area contributed by atoms with Gasteiger partial charge >= 0.3 is 5.97 Å². The molecule has 12 nitrogen and oxygen atoms in total. The number of hydrogen-bond donors (Lipinski definition) is 2. The number of benzene rings is 2. The Hall–Kier alpha value is -4.12. The second-order valence-electron chi connectivity index (χ2n) is 10.5. The highest BCUT2D eigenvalue weighted by Crippen LogP contribution is 2.46. The number of nitrogens with zero attached hydrogens (tertiary/aromatic N) is 5. The number of amides is 1. The number of aliphatic imine (C=N–C) groups is 1. The summed E-state index contributed by atoms with van der Waals surface area (Å²) in [5.74, 6) is -0.205. The van der Waals surface area contributed by atoms with Gasteiger partial charge in [-0.1, -0.05) is 29.4 Å². The fraction of sp³-hybridized carbons (Fsp3) is 0.464. The summed E-state index contributed by atoms with van der Waals surface area (Å²) < 4.78 is 17.5. The van der Waals surface area contributed by atoms with Gasteiger partial charge < -0.3 is 19.3 Å². The summed E-state index contributed by atoms with van der Waals surface area (Å²) in [4.78, 5) is 34.4. The maximum absolute atomic E-state index is 13.9. The van der Waals surface area contributed by atoms with Crippen LogP contribution >= 0.6 is 0 Å². The average molecular weight is 553 g/mol. The van der Waals surface area contributed by atoms with Gasteiger partial charge in [0.2, 0.25) is 5.90 Å². The second kappa shape index (κ2) is 13.3. The van der Waals surface area contributed by atoms with Crippen LogP contribution in [0.5, 0.6) is 5.75 Å². The zero-order chi connectivity index (χ0) is 29.3. The first kappa shape index (κ1) is 30.4. The first-order valence-corrected chi connectivity index (χ1v) is 12.9. The molecule has 0 bridgehead atoms. The van der Waals surface area contributed by atoms with Gasteiger partial charge in [-0.2, -0.15) is 0 Å². The largest absolute Gasteiger partial charge is 0.494 e. The van der Waals surface area contributed by atoms with Crippen molar-refractivity contribution in [2.75, 3.05) is 27.3 Å². The molecule has 12 heteroatoms. The molecule has 1 heterocycles. The van der Waals surface area contributed by atoms with Crippen molar-refractivity contribution in [3.63, 3.8) is 0 Å². The molecular weight excluding hydrogens is 516 g/mol. The number of carbonyl (C=O) groups excluding carboxylic acids is 2. The van der Waals surface area contributed by atoms with E-state index in [0.29, 0.717) is 29.9 Å². The van der Waals surface area contributed by atoms with E-state index >= 15 is 0 Å². The van der Waals surface area contributed by atoms with Crippen LogP contribution in [0.3, 0.4) is 0 Å². The zero-order valence-corrected chi connectivity index (χ0v) is 23.5. The SMILES string of the molecule is CN(C)NC(=O)[C@@]1(CCC(=O)OC(C)(C)C)N=C(c2ccc(OCCCO)cc2)O[C@H]1c1ccccc1N=[N+]=[N-]. The van der Waals surface area contributed by atoms with Crippen molar-refractivity contribution in [1.29, 1.82) is 0 Å². The molecular formula is C28H36N6O6. The number of ether oxygens (including phenoxy) is 3. The number of aliphatic hydroxyl groups excluding tert-OH is 1. The minimum Gasteiger partial charge on any atom is -0.494 e. The van der Waals surface area contributed by atoms with Gasteiger partial charge in [-0.25, -0.2) is 10.0 Å². The zero-order valence-electron chi connectivity index (χ0n) is 23.5. The van der Waals surface area contributed by atoms with Crippen LogP contribution in [-0.4, -0.2) is 66.3 Å².